The SMILES string of the molecule is CNc1ccc2[nH]c3c(c2c1)CC(C(F)(c1nnc(C)o1)S(=O)(=O)c1ccccc1)C3. The third-order valence-corrected chi connectivity index (χ3v) is 8.15. The highest BCUT2D eigenvalue weighted by atomic mass is 32.2. The molecular weight excluding hydrogens is 419 g/mol. The van der Waals surface area contributed by atoms with Gasteiger partial charge in [0.05, 0.1) is 4.90 Å². The quantitative estimate of drug-likeness (QED) is 0.488. The van der Waals surface area contributed by atoms with Crippen LogP contribution < -0.4 is 5.32 Å². The summed E-state index contributed by atoms with van der Waals surface area (Å²) in [5.41, 5.74) is 3.61. The number of hydrogen-bond acceptors (Lipinski definition) is 6. The molecule has 4 aromatic rings. The second kappa shape index (κ2) is 6.91. The van der Waals surface area contributed by atoms with Gasteiger partial charge in [-0.1, -0.05) is 18.2 Å². The summed E-state index contributed by atoms with van der Waals surface area (Å²) in [6.45, 7) is 1.51. The van der Waals surface area contributed by atoms with Crippen molar-refractivity contribution in [1.29, 1.82) is 0 Å². The van der Waals surface area contributed by atoms with Crippen LogP contribution >= 0.6 is 0 Å². The Kier molecular flexibility index (Phi) is 4.40. The maximum Gasteiger partial charge on any atom is 0.294 e. The van der Waals surface area contributed by atoms with Crippen LogP contribution in [0.15, 0.2) is 57.8 Å². The molecule has 2 aromatic heterocycles. The van der Waals surface area contributed by atoms with Gasteiger partial charge in [-0.3, -0.25) is 0 Å². The molecule has 0 radical (unpaired) electrons. The van der Waals surface area contributed by atoms with Gasteiger partial charge < -0.3 is 14.7 Å². The molecule has 5 rings (SSSR count). The Morgan fingerprint density at radius 1 is 1.16 bits per heavy atom. The van der Waals surface area contributed by atoms with Crippen LogP contribution in [-0.2, 0) is 27.7 Å². The molecule has 0 fully saturated rings. The average Bonchev–Trinajstić information content (AvgIpc) is 3.48. The lowest BCUT2D eigenvalue weighted by molar-refractivity contribution is 0.137. The molecule has 0 bridgehead atoms. The van der Waals surface area contributed by atoms with Crippen molar-refractivity contribution in [3.8, 4) is 0 Å². The molecule has 2 aromatic carbocycles. The summed E-state index contributed by atoms with van der Waals surface area (Å²) in [7, 11) is -2.65. The van der Waals surface area contributed by atoms with Gasteiger partial charge >= 0.3 is 0 Å². The Hall–Kier alpha value is -3.20. The first-order valence-corrected chi connectivity index (χ1v) is 11.4. The van der Waals surface area contributed by atoms with Crippen molar-refractivity contribution < 1.29 is 17.2 Å². The van der Waals surface area contributed by atoms with Crippen molar-refractivity contribution >= 4 is 26.4 Å². The van der Waals surface area contributed by atoms with E-state index in [1.165, 1.54) is 19.1 Å². The van der Waals surface area contributed by atoms with Crippen molar-refractivity contribution in [3.05, 3.63) is 71.6 Å². The number of aryl methyl sites for hydroxylation is 1. The van der Waals surface area contributed by atoms with Gasteiger partial charge in [0.15, 0.2) is 0 Å². The summed E-state index contributed by atoms with van der Waals surface area (Å²) in [5.74, 6) is -1.33. The molecule has 0 aliphatic heterocycles. The molecule has 0 spiro atoms. The van der Waals surface area contributed by atoms with E-state index in [9.17, 15) is 8.42 Å². The van der Waals surface area contributed by atoms with Crippen molar-refractivity contribution in [1.82, 2.24) is 15.2 Å². The third-order valence-electron chi connectivity index (χ3n) is 5.97. The Morgan fingerprint density at radius 3 is 2.61 bits per heavy atom. The highest BCUT2D eigenvalue weighted by Crippen LogP contribution is 2.49. The molecule has 2 N–H and O–H groups in total. The number of aromatic amines is 1. The summed E-state index contributed by atoms with van der Waals surface area (Å²) in [6, 6.07) is 13.5. The Labute approximate surface area is 178 Å². The van der Waals surface area contributed by atoms with E-state index in [4.69, 9.17) is 4.42 Å². The molecule has 9 heteroatoms. The van der Waals surface area contributed by atoms with Crippen molar-refractivity contribution in [2.24, 2.45) is 5.92 Å². The van der Waals surface area contributed by atoms with Crippen molar-refractivity contribution in [2.45, 2.75) is 29.7 Å². The Balaban J connectivity index is 1.64. The maximum absolute atomic E-state index is 16.9. The summed E-state index contributed by atoms with van der Waals surface area (Å²) in [6.07, 6.45) is 0.440. The lowest BCUT2D eigenvalue weighted by atomic mass is 9.98. The number of benzene rings is 2. The number of fused-ring (bicyclic) bond motifs is 3. The fraction of sp³-hybridized carbons (Fsp3) is 0.273. The van der Waals surface area contributed by atoms with E-state index in [-0.39, 0.29) is 23.6 Å². The first kappa shape index (κ1) is 19.7. The van der Waals surface area contributed by atoms with Gasteiger partial charge in [0.1, 0.15) is 0 Å². The van der Waals surface area contributed by atoms with Gasteiger partial charge in [0.25, 0.3) is 10.9 Å². The zero-order valence-electron chi connectivity index (χ0n) is 17.0. The molecule has 1 aliphatic rings. The number of anilines is 1. The number of halogens is 1. The second-order valence-corrected chi connectivity index (χ2v) is 9.86. The second-order valence-electron chi connectivity index (χ2n) is 7.79. The van der Waals surface area contributed by atoms with E-state index in [1.54, 1.807) is 18.2 Å². The number of nitrogens with one attached hydrogen (secondary N) is 2. The summed E-state index contributed by atoms with van der Waals surface area (Å²) in [5, 5.41) is 8.69. The molecule has 0 saturated carbocycles. The summed E-state index contributed by atoms with van der Waals surface area (Å²) in [4.78, 5) is 3.20. The van der Waals surface area contributed by atoms with Gasteiger partial charge in [0.2, 0.25) is 15.7 Å². The van der Waals surface area contributed by atoms with E-state index < -0.39 is 26.6 Å². The van der Waals surface area contributed by atoms with Gasteiger partial charge in [-0.15, -0.1) is 10.2 Å². The molecule has 31 heavy (non-hydrogen) atoms. The zero-order valence-corrected chi connectivity index (χ0v) is 17.8. The van der Waals surface area contributed by atoms with Crippen LogP contribution in [0.1, 0.15) is 23.0 Å². The summed E-state index contributed by atoms with van der Waals surface area (Å²) < 4.78 is 49.4. The van der Waals surface area contributed by atoms with Crippen LogP contribution in [0.3, 0.4) is 0 Å². The van der Waals surface area contributed by atoms with Gasteiger partial charge in [-0.05, 0) is 48.7 Å². The molecule has 2 atom stereocenters. The van der Waals surface area contributed by atoms with Gasteiger partial charge in [-0.2, -0.15) is 0 Å². The number of nitrogens with zero attached hydrogens (tertiary/aromatic N) is 2. The van der Waals surface area contributed by atoms with Crippen LogP contribution in [0.4, 0.5) is 10.1 Å². The standard InChI is InChI=1S/C22H21FN4O3S/c1-13-26-27-21(30-13)22(23,31(28,29)16-6-4-3-5-7-16)14-10-17-18-12-15(24-2)8-9-19(18)25-20(17)11-14/h3-9,12,14,24-25H,10-11H2,1-2H3. The van der Waals surface area contributed by atoms with Crippen LogP contribution in [0.25, 0.3) is 10.9 Å². The number of hydrogen-bond donors (Lipinski definition) is 2. The van der Waals surface area contributed by atoms with E-state index in [0.29, 0.717) is 0 Å². The number of H-pyrrole nitrogens is 1. The van der Waals surface area contributed by atoms with Gasteiger partial charge in [0, 0.05) is 42.2 Å². The smallest absolute Gasteiger partial charge is 0.294 e. The topological polar surface area (TPSA) is 101 Å². The monoisotopic (exact) mass is 440 g/mol. The normalized spacial score (nSPS) is 18.1. The van der Waals surface area contributed by atoms with Crippen molar-refractivity contribution in [3.63, 3.8) is 0 Å². The number of alkyl halides is 1. The van der Waals surface area contributed by atoms with E-state index in [1.807, 2.05) is 25.2 Å². The largest absolute Gasteiger partial charge is 0.421 e. The fourth-order valence-corrected chi connectivity index (χ4v) is 6.18. The van der Waals surface area contributed by atoms with E-state index in [0.717, 1.165) is 27.8 Å². The fourth-order valence-electron chi connectivity index (χ4n) is 4.41. The average molecular weight is 441 g/mol. The highest BCUT2D eigenvalue weighted by molar-refractivity contribution is 7.92. The van der Waals surface area contributed by atoms with E-state index >= 15 is 4.39 Å². The van der Waals surface area contributed by atoms with Gasteiger partial charge in [-0.25, -0.2) is 12.8 Å². The third kappa shape index (κ3) is 2.87. The highest BCUT2D eigenvalue weighted by Gasteiger charge is 2.59. The lowest BCUT2D eigenvalue weighted by Crippen LogP contribution is -2.40. The molecule has 1 aliphatic carbocycles. The number of aromatic nitrogens is 3. The predicted molar refractivity (Wildman–Crippen MR) is 114 cm³/mol. The molecule has 0 saturated heterocycles. The van der Waals surface area contributed by atoms with Crippen LogP contribution in [0, 0.1) is 12.8 Å². The lowest BCUT2D eigenvalue weighted by Gasteiger charge is -2.28. The maximum atomic E-state index is 16.9. The van der Waals surface area contributed by atoms with Crippen LogP contribution in [0.5, 0.6) is 0 Å². The van der Waals surface area contributed by atoms with Crippen molar-refractivity contribution in [2.75, 3.05) is 12.4 Å². The van der Waals surface area contributed by atoms with E-state index in [2.05, 4.69) is 20.5 Å². The molecule has 160 valence electrons. The van der Waals surface area contributed by atoms with Crippen LogP contribution in [0.2, 0.25) is 0 Å². The molecule has 7 nitrogen and oxygen atoms in total. The minimum atomic E-state index is -4.47. The zero-order chi connectivity index (χ0) is 21.8. The van der Waals surface area contributed by atoms with Crippen LogP contribution in [-0.4, -0.2) is 30.6 Å². The molecule has 0 amide bonds. The Morgan fingerprint density at radius 2 is 1.94 bits per heavy atom. The minimum absolute atomic E-state index is 0.112. The summed E-state index contributed by atoms with van der Waals surface area (Å²) >= 11 is 0. The first-order chi connectivity index (χ1) is 14.8. The number of rotatable bonds is 5. The predicted octanol–water partition coefficient (Wildman–Crippen LogP) is 3.91. The number of sulfone groups is 1. The first-order valence-electron chi connectivity index (χ1n) is 9.95. The Bertz CT molecular complexity index is 1380. The molecule has 2 unspecified atom stereocenters. The minimum Gasteiger partial charge on any atom is -0.421 e. The molecular formula is C22H21FN4O3S. The molecule has 2 heterocycles.